The lowest BCUT2D eigenvalue weighted by Crippen LogP contribution is -2.00. The van der Waals surface area contributed by atoms with Gasteiger partial charge in [0.15, 0.2) is 5.84 Å². The number of hydrogen-bond acceptors (Lipinski definition) is 2. The number of nitrogens with zero attached hydrogens (tertiary/aromatic N) is 2. The van der Waals surface area contributed by atoms with Gasteiger partial charge in [-0.25, -0.2) is 9.38 Å². The van der Waals surface area contributed by atoms with E-state index in [4.69, 9.17) is 5.73 Å². The maximum absolute atomic E-state index is 13.1. The van der Waals surface area contributed by atoms with E-state index in [1.165, 1.54) is 12.1 Å². The predicted molar refractivity (Wildman–Crippen MR) is 57.4 cm³/mol. The quantitative estimate of drug-likeness (QED) is 0.413. The average Bonchev–Trinajstić information content (AvgIpc) is 2.19. The number of aliphatic imine (C=N–C) groups is 2. The molecule has 0 aliphatic rings. The Hall–Kier alpha value is -1.71. The van der Waals surface area contributed by atoms with Gasteiger partial charge in [-0.15, -0.1) is 0 Å². The van der Waals surface area contributed by atoms with E-state index in [2.05, 4.69) is 9.98 Å². The summed E-state index contributed by atoms with van der Waals surface area (Å²) in [4.78, 5) is 7.93. The zero-order chi connectivity index (χ0) is 10.6. The number of halogens is 1. The fraction of sp³-hybridized carbons (Fsp3) is 0.200. The Morgan fingerprint density at radius 3 is 2.71 bits per heavy atom. The Morgan fingerprint density at radius 2 is 2.21 bits per heavy atom. The van der Waals surface area contributed by atoms with E-state index in [1.807, 2.05) is 0 Å². The van der Waals surface area contributed by atoms with Crippen molar-refractivity contribution in [2.75, 3.05) is 12.8 Å². The highest BCUT2D eigenvalue weighted by atomic mass is 19.1. The van der Waals surface area contributed by atoms with Crippen molar-refractivity contribution in [3.63, 3.8) is 0 Å². The summed E-state index contributed by atoms with van der Waals surface area (Å²) in [5.74, 6) is 0.0429. The van der Waals surface area contributed by atoms with Crippen LogP contribution in [0.15, 0.2) is 28.2 Å². The molecule has 3 nitrogen and oxygen atoms in total. The van der Waals surface area contributed by atoms with E-state index in [1.54, 1.807) is 26.3 Å². The monoisotopic (exact) mass is 193 g/mol. The van der Waals surface area contributed by atoms with Crippen LogP contribution in [0.3, 0.4) is 0 Å². The molecule has 0 radical (unpaired) electrons. The Balaban J connectivity index is 3.13. The van der Waals surface area contributed by atoms with Crippen LogP contribution in [0.5, 0.6) is 0 Å². The fourth-order valence-corrected chi connectivity index (χ4v) is 1.05. The van der Waals surface area contributed by atoms with Gasteiger partial charge in [0.1, 0.15) is 5.82 Å². The van der Waals surface area contributed by atoms with Gasteiger partial charge in [0.05, 0.1) is 5.69 Å². The molecule has 0 heterocycles. The zero-order valence-electron chi connectivity index (χ0n) is 8.16. The molecule has 4 heteroatoms. The van der Waals surface area contributed by atoms with Gasteiger partial charge in [0.25, 0.3) is 0 Å². The minimum atomic E-state index is -0.449. The lowest BCUT2D eigenvalue weighted by Gasteiger charge is -2.01. The second kappa shape index (κ2) is 4.50. The molecule has 0 unspecified atom stereocenters. The topological polar surface area (TPSA) is 50.7 Å². The fourth-order valence-electron chi connectivity index (χ4n) is 1.05. The molecule has 0 amide bonds. The first-order chi connectivity index (χ1) is 6.69. The molecule has 0 aliphatic carbocycles. The van der Waals surface area contributed by atoms with Crippen molar-refractivity contribution in [2.24, 2.45) is 9.98 Å². The first-order valence-electron chi connectivity index (χ1n) is 4.20. The summed E-state index contributed by atoms with van der Waals surface area (Å²) >= 11 is 0. The molecule has 0 fully saturated rings. The van der Waals surface area contributed by atoms with Gasteiger partial charge >= 0.3 is 0 Å². The van der Waals surface area contributed by atoms with Crippen LogP contribution in [-0.2, 0) is 0 Å². The highest BCUT2D eigenvalue weighted by molar-refractivity contribution is 6.02. The number of anilines is 1. The van der Waals surface area contributed by atoms with E-state index in [9.17, 15) is 4.39 Å². The number of nitrogen functional groups attached to an aromatic ring is 1. The molecule has 14 heavy (non-hydrogen) atoms. The van der Waals surface area contributed by atoms with Crippen LogP contribution in [0.4, 0.5) is 10.1 Å². The second-order valence-electron chi connectivity index (χ2n) is 2.67. The minimum Gasteiger partial charge on any atom is -0.396 e. The molecular weight excluding hydrogens is 181 g/mol. The number of amidine groups is 1. The molecule has 0 bridgehead atoms. The van der Waals surface area contributed by atoms with Gasteiger partial charge in [-0.05, 0) is 25.1 Å². The van der Waals surface area contributed by atoms with Crippen molar-refractivity contribution in [3.8, 4) is 0 Å². The van der Waals surface area contributed by atoms with Gasteiger partial charge in [-0.3, -0.25) is 4.99 Å². The summed E-state index contributed by atoms with van der Waals surface area (Å²) in [5, 5.41) is 0. The normalized spacial score (nSPS) is 12.4. The molecular formula is C10H12FN3. The molecule has 1 aromatic carbocycles. The third-order valence-corrected chi connectivity index (χ3v) is 1.72. The van der Waals surface area contributed by atoms with Crippen molar-refractivity contribution in [1.82, 2.24) is 0 Å². The maximum atomic E-state index is 13.1. The minimum absolute atomic E-state index is 0.129. The predicted octanol–water partition coefficient (Wildman–Crippen LogP) is 1.88. The first kappa shape index (κ1) is 10.4. The largest absolute Gasteiger partial charge is 0.396 e. The molecule has 0 saturated heterocycles. The smallest absolute Gasteiger partial charge is 0.154 e. The first-order valence-corrected chi connectivity index (χ1v) is 4.20. The molecule has 1 rings (SSSR count). The van der Waals surface area contributed by atoms with Crippen LogP contribution in [0, 0.1) is 5.82 Å². The Kier molecular flexibility index (Phi) is 3.34. The van der Waals surface area contributed by atoms with Crippen molar-refractivity contribution in [1.29, 1.82) is 0 Å². The SMILES string of the molecule is C/C=N\C(=N/C)c1ccc(N)c(F)c1. The van der Waals surface area contributed by atoms with Gasteiger partial charge in [0.2, 0.25) is 0 Å². The van der Waals surface area contributed by atoms with Crippen LogP contribution in [0.1, 0.15) is 12.5 Å². The molecule has 2 N–H and O–H groups in total. The van der Waals surface area contributed by atoms with E-state index >= 15 is 0 Å². The Labute approximate surface area is 82.2 Å². The van der Waals surface area contributed by atoms with Crippen LogP contribution >= 0.6 is 0 Å². The number of rotatable bonds is 1. The molecule has 0 aromatic heterocycles. The number of nitrogens with two attached hydrogens (primary N) is 1. The van der Waals surface area contributed by atoms with Gasteiger partial charge in [-0.1, -0.05) is 0 Å². The highest BCUT2D eigenvalue weighted by Crippen LogP contribution is 2.13. The summed E-state index contributed by atoms with van der Waals surface area (Å²) in [5.41, 5.74) is 6.10. The lowest BCUT2D eigenvalue weighted by atomic mass is 10.2. The molecule has 1 aromatic rings. The van der Waals surface area contributed by atoms with E-state index in [0.29, 0.717) is 11.4 Å². The van der Waals surface area contributed by atoms with E-state index < -0.39 is 5.82 Å². The van der Waals surface area contributed by atoms with Crippen molar-refractivity contribution in [2.45, 2.75) is 6.92 Å². The van der Waals surface area contributed by atoms with Crippen LogP contribution in [0.25, 0.3) is 0 Å². The summed E-state index contributed by atoms with van der Waals surface area (Å²) in [6.45, 7) is 1.78. The number of benzene rings is 1. The van der Waals surface area contributed by atoms with Crippen LogP contribution < -0.4 is 5.73 Å². The summed E-state index contributed by atoms with van der Waals surface area (Å²) in [7, 11) is 1.61. The Morgan fingerprint density at radius 1 is 1.50 bits per heavy atom. The third-order valence-electron chi connectivity index (χ3n) is 1.72. The van der Waals surface area contributed by atoms with Gasteiger partial charge in [-0.2, -0.15) is 0 Å². The van der Waals surface area contributed by atoms with Crippen molar-refractivity contribution < 1.29 is 4.39 Å². The third kappa shape index (κ3) is 2.16. The summed E-state index contributed by atoms with van der Waals surface area (Å²) in [6, 6.07) is 4.51. The summed E-state index contributed by atoms with van der Waals surface area (Å²) < 4.78 is 13.1. The standard InChI is InChI=1S/C10H12FN3/c1-3-14-10(13-2)7-4-5-9(12)8(11)6-7/h3-6H,12H2,1-2H3/b13-10-,14-3-. The molecule has 0 atom stereocenters. The van der Waals surface area contributed by atoms with E-state index in [0.717, 1.165) is 0 Å². The highest BCUT2D eigenvalue weighted by Gasteiger charge is 2.03. The van der Waals surface area contributed by atoms with Gasteiger partial charge < -0.3 is 5.73 Å². The van der Waals surface area contributed by atoms with Gasteiger partial charge in [0, 0.05) is 18.8 Å². The molecule has 0 spiro atoms. The average molecular weight is 193 g/mol. The Bertz CT molecular complexity index is 383. The second-order valence-corrected chi connectivity index (χ2v) is 2.67. The van der Waals surface area contributed by atoms with Crippen molar-refractivity contribution in [3.05, 3.63) is 29.6 Å². The zero-order valence-corrected chi connectivity index (χ0v) is 8.16. The molecule has 0 aliphatic heterocycles. The van der Waals surface area contributed by atoms with Crippen LogP contribution in [-0.4, -0.2) is 19.1 Å². The van der Waals surface area contributed by atoms with Crippen molar-refractivity contribution >= 4 is 17.7 Å². The molecule has 0 saturated carbocycles. The molecule has 74 valence electrons. The number of hydrogen-bond donors (Lipinski definition) is 1. The van der Waals surface area contributed by atoms with Crippen LogP contribution in [0.2, 0.25) is 0 Å². The summed E-state index contributed by atoms with van der Waals surface area (Å²) in [6.07, 6.45) is 1.61. The van der Waals surface area contributed by atoms with E-state index in [-0.39, 0.29) is 5.69 Å². The lowest BCUT2D eigenvalue weighted by molar-refractivity contribution is 0.632. The maximum Gasteiger partial charge on any atom is 0.154 e.